The van der Waals surface area contributed by atoms with Gasteiger partial charge in [-0.25, -0.2) is 0 Å². The number of aromatic amines is 2. The van der Waals surface area contributed by atoms with Crippen molar-refractivity contribution in [2.24, 2.45) is 5.73 Å². The van der Waals surface area contributed by atoms with Gasteiger partial charge >= 0.3 is 0 Å². The van der Waals surface area contributed by atoms with Gasteiger partial charge in [-0.3, -0.25) is 14.9 Å². The molecule has 0 bridgehead atoms. The van der Waals surface area contributed by atoms with Gasteiger partial charge in [0.05, 0.1) is 11.1 Å². The van der Waals surface area contributed by atoms with Crippen LogP contribution in [0.3, 0.4) is 0 Å². The molecule has 0 fully saturated rings. The molecule has 0 saturated heterocycles. The molecule has 0 radical (unpaired) electrons. The van der Waals surface area contributed by atoms with Crippen LogP contribution in [0, 0.1) is 6.92 Å². The third-order valence-electron chi connectivity index (χ3n) is 6.72. The second-order valence-corrected chi connectivity index (χ2v) is 8.93. The number of benzene rings is 3. The van der Waals surface area contributed by atoms with E-state index in [2.05, 4.69) is 21.4 Å². The summed E-state index contributed by atoms with van der Waals surface area (Å²) in [5, 5.41) is 4.39. The maximum atomic E-state index is 13.4. The number of carbonyl (C=O) groups excluding carboxylic acids is 2. The molecule has 7 heteroatoms. The molecule has 6 rings (SSSR count). The van der Waals surface area contributed by atoms with Crippen molar-refractivity contribution in [1.29, 1.82) is 0 Å². The van der Waals surface area contributed by atoms with E-state index in [9.17, 15) is 9.59 Å². The highest BCUT2D eigenvalue weighted by molar-refractivity contribution is 6.51. The van der Waals surface area contributed by atoms with Crippen molar-refractivity contribution in [2.45, 2.75) is 19.9 Å². The van der Waals surface area contributed by atoms with Crippen LogP contribution in [0.2, 0.25) is 0 Å². The largest absolute Gasteiger partial charge is 0.358 e. The van der Waals surface area contributed by atoms with Crippen LogP contribution in [0.25, 0.3) is 33.0 Å². The average molecular weight is 497 g/mol. The van der Waals surface area contributed by atoms with Crippen molar-refractivity contribution >= 4 is 57.2 Å². The quantitative estimate of drug-likeness (QED) is 0.257. The van der Waals surface area contributed by atoms with Gasteiger partial charge < -0.3 is 15.7 Å². The molecule has 2 amide bonds. The van der Waals surface area contributed by atoms with Crippen molar-refractivity contribution in [1.82, 2.24) is 15.3 Å². The highest BCUT2D eigenvalue weighted by Gasteiger charge is 2.36. The molecule has 3 aromatic carbocycles. The van der Waals surface area contributed by atoms with E-state index in [0.717, 1.165) is 55.4 Å². The van der Waals surface area contributed by atoms with Gasteiger partial charge in [-0.15, -0.1) is 12.4 Å². The van der Waals surface area contributed by atoms with Gasteiger partial charge in [-0.1, -0.05) is 60.7 Å². The van der Waals surface area contributed by atoms with Crippen LogP contribution in [0.5, 0.6) is 0 Å². The zero-order valence-corrected chi connectivity index (χ0v) is 20.5. The van der Waals surface area contributed by atoms with Gasteiger partial charge in [-0.05, 0) is 30.2 Å². The predicted octanol–water partition coefficient (Wildman–Crippen LogP) is 5.00. The van der Waals surface area contributed by atoms with Crippen molar-refractivity contribution < 1.29 is 9.59 Å². The first-order chi connectivity index (χ1) is 17.0. The van der Waals surface area contributed by atoms with E-state index in [1.807, 2.05) is 73.7 Å². The molecule has 5 aromatic rings. The van der Waals surface area contributed by atoms with Gasteiger partial charge in [0.2, 0.25) is 0 Å². The number of nitrogens with two attached hydrogens (primary N) is 1. The standard InChI is InChI=1S/C29H24N4O2.ClH/c1-16-24(19-9-2-4-11-21(19)31-16)26-27(29(35)33-28(26)34)25-20-10-3-5-12-22(20)32-23(25)14-17-7-6-8-18(13-17)15-30;/h2-13,31-32H,14-15,30H2,1H3,(H,33,34,35);1H. The number of H-pyrrole nitrogens is 2. The lowest BCUT2D eigenvalue weighted by molar-refractivity contribution is -0.122. The third kappa shape index (κ3) is 3.71. The zero-order valence-electron chi connectivity index (χ0n) is 19.6. The first-order valence-electron chi connectivity index (χ1n) is 11.6. The van der Waals surface area contributed by atoms with Crippen LogP contribution < -0.4 is 11.1 Å². The summed E-state index contributed by atoms with van der Waals surface area (Å²) in [6, 6.07) is 23.8. The number of fused-ring (bicyclic) bond motifs is 2. The third-order valence-corrected chi connectivity index (χ3v) is 6.72. The van der Waals surface area contributed by atoms with Crippen LogP contribution in [-0.2, 0) is 22.6 Å². The second-order valence-electron chi connectivity index (χ2n) is 8.93. The maximum absolute atomic E-state index is 13.4. The van der Waals surface area contributed by atoms with Crippen molar-refractivity contribution in [3.63, 3.8) is 0 Å². The Balaban J connectivity index is 0.00000267. The van der Waals surface area contributed by atoms with Crippen LogP contribution in [0.4, 0.5) is 0 Å². The number of halogens is 1. The highest BCUT2D eigenvalue weighted by Crippen LogP contribution is 2.41. The first-order valence-corrected chi connectivity index (χ1v) is 11.6. The smallest absolute Gasteiger partial charge is 0.259 e. The molecule has 5 N–H and O–H groups in total. The van der Waals surface area contributed by atoms with E-state index in [0.29, 0.717) is 24.1 Å². The number of aryl methyl sites for hydroxylation is 1. The summed E-state index contributed by atoms with van der Waals surface area (Å²) in [6.07, 6.45) is 0.572. The number of rotatable bonds is 5. The Morgan fingerprint density at radius 3 is 2.00 bits per heavy atom. The van der Waals surface area contributed by atoms with Gasteiger partial charge in [-0.2, -0.15) is 0 Å². The SMILES string of the molecule is Cc1[nH]c2ccccc2c1C1=C(c2c(Cc3cccc(CN)c3)[nH]c3ccccc23)C(=O)NC1=O.Cl. The lowest BCUT2D eigenvalue weighted by Gasteiger charge is -2.09. The van der Waals surface area contributed by atoms with Crippen molar-refractivity contribution in [2.75, 3.05) is 0 Å². The summed E-state index contributed by atoms with van der Waals surface area (Å²) in [6.45, 7) is 2.39. The maximum Gasteiger partial charge on any atom is 0.259 e. The molecule has 3 heterocycles. The number of hydrogen-bond acceptors (Lipinski definition) is 3. The minimum atomic E-state index is -0.378. The van der Waals surface area contributed by atoms with Crippen LogP contribution in [0.1, 0.15) is 33.6 Å². The lowest BCUT2D eigenvalue weighted by atomic mass is 9.91. The van der Waals surface area contributed by atoms with E-state index in [1.54, 1.807) is 0 Å². The fourth-order valence-corrected chi connectivity index (χ4v) is 5.22. The first kappa shape index (κ1) is 23.6. The average Bonchev–Trinajstić information content (AvgIpc) is 3.47. The zero-order chi connectivity index (χ0) is 24.1. The molecule has 0 aliphatic carbocycles. The van der Waals surface area contributed by atoms with Crippen LogP contribution >= 0.6 is 12.4 Å². The number of aromatic nitrogens is 2. The molecule has 36 heavy (non-hydrogen) atoms. The Labute approximate surface area is 214 Å². The van der Waals surface area contributed by atoms with E-state index in [-0.39, 0.29) is 24.2 Å². The number of carbonyl (C=O) groups is 2. The fraction of sp³-hybridized carbons (Fsp3) is 0.103. The van der Waals surface area contributed by atoms with E-state index >= 15 is 0 Å². The summed E-state index contributed by atoms with van der Waals surface area (Å²) in [5.74, 6) is -0.754. The van der Waals surface area contributed by atoms with Gasteiger partial charge in [0.15, 0.2) is 0 Å². The minimum absolute atomic E-state index is 0. The van der Waals surface area contributed by atoms with Gasteiger partial charge in [0.1, 0.15) is 0 Å². The number of imide groups is 1. The Hall–Kier alpha value is -4.13. The molecule has 0 unspecified atom stereocenters. The molecule has 0 spiro atoms. The fourth-order valence-electron chi connectivity index (χ4n) is 5.22. The molecule has 0 atom stereocenters. The van der Waals surface area contributed by atoms with E-state index in [1.165, 1.54) is 0 Å². The molecule has 6 nitrogen and oxygen atoms in total. The van der Waals surface area contributed by atoms with Gasteiger partial charge in [0.25, 0.3) is 11.8 Å². The minimum Gasteiger partial charge on any atom is -0.358 e. The molecule has 1 aliphatic rings. The Morgan fingerprint density at radius 1 is 0.722 bits per heavy atom. The second kappa shape index (κ2) is 9.15. The molecule has 2 aromatic heterocycles. The Kier molecular flexibility index (Phi) is 6.00. The molecule has 1 aliphatic heterocycles. The van der Waals surface area contributed by atoms with E-state index < -0.39 is 0 Å². The summed E-state index contributed by atoms with van der Waals surface area (Å²) in [7, 11) is 0. The van der Waals surface area contributed by atoms with Gasteiger partial charge in [0, 0.05) is 57.3 Å². The monoisotopic (exact) mass is 496 g/mol. The predicted molar refractivity (Wildman–Crippen MR) is 146 cm³/mol. The molecular weight excluding hydrogens is 472 g/mol. The Morgan fingerprint density at radius 2 is 1.31 bits per heavy atom. The number of amides is 2. The van der Waals surface area contributed by atoms with Crippen LogP contribution in [-0.4, -0.2) is 21.8 Å². The van der Waals surface area contributed by atoms with E-state index in [4.69, 9.17) is 5.73 Å². The normalized spacial score (nSPS) is 13.5. The summed E-state index contributed by atoms with van der Waals surface area (Å²) in [4.78, 5) is 33.5. The summed E-state index contributed by atoms with van der Waals surface area (Å²) in [5.41, 5.74) is 13.9. The Bertz CT molecular complexity index is 1690. The van der Waals surface area contributed by atoms with Crippen molar-refractivity contribution in [3.05, 3.63) is 106 Å². The number of nitrogens with one attached hydrogen (secondary N) is 3. The van der Waals surface area contributed by atoms with Crippen molar-refractivity contribution in [3.8, 4) is 0 Å². The number of para-hydroxylation sites is 2. The molecular formula is C29H25ClN4O2. The highest BCUT2D eigenvalue weighted by atomic mass is 35.5. The summed E-state index contributed by atoms with van der Waals surface area (Å²) < 4.78 is 0. The lowest BCUT2D eigenvalue weighted by Crippen LogP contribution is -2.23. The molecule has 180 valence electrons. The number of hydrogen-bond donors (Lipinski definition) is 4. The molecule has 0 saturated carbocycles. The topological polar surface area (TPSA) is 104 Å². The summed E-state index contributed by atoms with van der Waals surface area (Å²) >= 11 is 0. The van der Waals surface area contributed by atoms with Crippen LogP contribution in [0.15, 0.2) is 72.8 Å².